The van der Waals surface area contributed by atoms with Crippen molar-refractivity contribution in [3.63, 3.8) is 0 Å². The standard InChI is InChI=1S/C26H26FN3O4/c1-15-3-2-4-17(11-15)25(33)29-9-7-16(8-10-29)19-12-18-14-30(26(34)20(18)13-21(19)27)22-5-6-23(31)28-24(22)32/h2-4,11-13,16,22H,5-10,14H2,1H3,(H,28,31,32). The van der Waals surface area contributed by atoms with Crippen molar-refractivity contribution in [2.75, 3.05) is 13.1 Å². The number of amides is 4. The summed E-state index contributed by atoms with van der Waals surface area (Å²) in [5.41, 5.74) is 3.22. The average molecular weight is 464 g/mol. The van der Waals surface area contributed by atoms with Gasteiger partial charge in [0.1, 0.15) is 11.9 Å². The summed E-state index contributed by atoms with van der Waals surface area (Å²) in [6.07, 6.45) is 1.72. The highest BCUT2D eigenvalue weighted by atomic mass is 19.1. The van der Waals surface area contributed by atoms with Crippen LogP contribution in [-0.2, 0) is 16.1 Å². The maximum Gasteiger partial charge on any atom is 0.255 e. The van der Waals surface area contributed by atoms with Crippen molar-refractivity contribution in [3.8, 4) is 0 Å². The fraction of sp³-hybridized carbons (Fsp3) is 0.385. The Bertz CT molecular complexity index is 1200. The summed E-state index contributed by atoms with van der Waals surface area (Å²) in [7, 11) is 0. The van der Waals surface area contributed by atoms with E-state index < -0.39 is 17.8 Å². The zero-order valence-corrected chi connectivity index (χ0v) is 19.0. The zero-order chi connectivity index (χ0) is 24.0. The minimum Gasteiger partial charge on any atom is -0.339 e. The zero-order valence-electron chi connectivity index (χ0n) is 19.0. The van der Waals surface area contributed by atoms with Gasteiger partial charge in [0, 0.05) is 37.2 Å². The number of piperidine rings is 2. The second-order valence-corrected chi connectivity index (χ2v) is 9.37. The number of halogens is 1. The topological polar surface area (TPSA) is 86.8 Å². The Labute approximate surface area is 196 Å². The SMILES string of the molecule is Cc1cccc(C(=O)N2CCC(c3cc4c(cc3F)C(=O)N(C3CCC(=O)NC3=O)C4)CC2)c1. The summed E-state index contributed by atoms with van der Waals surface area (Å²) in [5, 5.41) is 2.28. The van der Waals surface area contributed by atoms with Gasteiger partial charge < -0.3 is 9.80 Å². The van der Waals surface area contributed by atoms with Gasteiger partial charge >= 0.3 is 0 Å². The lowest BCUT2D eigenvalue weighted by atomic mass is 9.87. The summed E-state index contributed by atoms with van der Waals surface area (Å²) in [5.74, 6) is -1.70. The smallest absolute Gasteiger partial charge is 0.255 e. The molecule has 5 rings (SSSR count). The minimum atomic E-state index is -0.722. The van der Waals surface area contributed by atoms with Gasteiger partial charge in [-0.1, -0.05) is 23.8 Å². The fourth-order valence-electron chi connectivity index (χ4n) is 5.28. The van der Waals surface area contributed by atoms with Crippen LogP contribution >= 0.6 is 0 Å². The van der Waals surface area contributed by atoms with E-state index in [-0.39, 0.29) is 48.6 Å². The first kappa shape index (κ1) is 22.3. The van der Waals surface area contributed by atoms with E-state index in [1.807, 2.05) is 36.1 Å². The number of rotatable bonds is 3. The molecule has 0 spiro atoms. The second kappa shape index (κ2) is 8.66. The second-order valence-electron chi connectivity index (χ2n) is 9.37. The van der Waals surface area contributed by atoms with E-state index in [2.05, 4.69) is 5.32 Å². The van der Waals surface area contributed by atoms with Crippen molar-refractivity contribution in [1.29, 1.82) is 0 Å². The van der Waals surface area contributed by atoms with E-state index in [0.717, 1.165) is 5.56 Å². The van der Waals surface area contributed by atoms with Crippen molar-refractivity contribution < 1.29 is 23.6 Å². The number of aryl methyl sites for hydroxylation is 1. The van der Waals surface area contributed by atoms with E-state index in [4.69, 9.17) is 0 Å². The Kier molecular flexibility index (Phi) is 5.67. The molecular weight excluding hydrogens is 437 g/mol. The van der Waals surface area contributed by atoms with E-state index >= 15 is 4.39 Å². The van der Waals surface area contributed by atoms with Crippen LogP contribution in [0.1, 0.15) is 69.0 Å². The number of fused-ring (bicyclic) bond motifs is 1. The summed E-state index contributed by atoms with van der Waals surface area (Å²) < 4.78 is 15.1. The number of carbonyl (C=O) groups is 4. The average Bonchev–Trinajstić information content (AvgIpc) is 3.13. The van der Waals surface area contributed by atoms with Crippen LogP contribution in [0.15, 0.2) is 36.4 Å². The fourth-order valence-corrected chi connectivity index (χ4v) is 5.28. The van der Waals surface area contributed by atoms with Crippen LogP contribution in [0, 0.1) is 12.7 Å². The molecule has 0 aliphatic carbocycles. The van der Waals surface area contributed by atoms with Crippen LogP contribution < -0.4 is 5.32 Å². The number of benzene rings is 2. The summed E-state index contributed by atoms with van der Waals surface area (Å²) >= 11 is 0. The first-order valence-corrected chi connectivity index (χ1v) is 11.6. The maximum absolute atomic E-state index is 15.1. The van der Waals surface area contributed by atoms with Gasteiger partial charge in [-0.05, 0) is 61.4 Å². The van der Waals surface area contributed by atoms with E-state index in [1.54, 1.807) is 6.07 Å². The van der Waals surface area contributed by atoms with Crippen LogP contribution in [-0.4, -0.2) is 52.6 Å². The van der Waals surface area contributed by atoms with Gasteiger partial charge in [-0.15, -0.1) is 0 Å². The molecular formula is C26H26FN3O4. The summed E-state index contributed by atoms with van der Waals surface area (Å²) in [6, 6.07) is 9.81. The molecule has 3 aliphatic heterocycles. The molecule has 2 fully saturated rings. The number of hydrogen-bond acceptors (Lipinski definition) is 4. The lowest BCUT2D eigenvalue weighted by molar-refractivity contribution is -0.136. The highest BCUT2D eigenvalue weighted by molar-refractivity contribution is 6.05. The molecule has 3 aliphatic rings. The third-order valence-corrected chi connectivity index (χ3v) is 7.13. The van der Waals surface area contributed by atoms with Crippen LogP contribution in [0.2, 0.25) is 0 Å². The lowest BCUT2D eigenvalue weighted by Gasteiger charge is -2.32. The normalized spacial score (nSPS) is 21.0. The van der Waals surface area contributed by atoms with Crippen LogP contribution in [0.5, 0.6) is 0 Å². The summed E-state index contributed by atoms with van der Waals surface area (Å²) in [6.45, 7) is 3.24. The molecule has 8 heteroatoms. The quantitative estimate of drug-likeness (QED) is 0.710. The predicted octanol–water partition coefficient (Wildman–Crippen LogP) is 2.91. The van der Waals surface area contributed by atoms with Gasteiger partial charge in [0.2, 0.25) is 11.8 Å². The van der Waals surface area contributed by atoms with Crippen molar-refractivity contribution in [2.45, 2.75) is 51.1 Å². The molecule has 4 amide bonds. The van der Waals surface area contributed by atoms with Gasteiger partial charge in [0.25, 0.3) is 11.8 Å². The van der Waals surface area contributed by atoms with E-state index in [9.17, 15) is 19.2 Å². The largest absolute Gasteiger partial charge is 0.339 e. The molecule has 0 aromatic heterocycles. The number of carbonyl (C=O) groups excluding carboxylic acids is 4. The lowest BCUT2D eigenvalue weighted by Crippen LogP contribution is -2.52. The van der Waals surface area contributed by atoms with Gasteiger partial charge in [-0.2, -0.15) is 0 Å². The first-order valence-electron chi connectivity index (χ1n) is 11.6. The molecule has 2 aromatic rings. The van der Waals surface area contributed by atoms with Crippen molar-refractivity contribution >= 4 is 23.6 Å². The van der Waals surface area contributed by atoms with Crippen LogP contribution in [0.3, 0.4) is 0 Å². The summed E-state index contributed by atoms with van der Waals surface area (Å²) in [4.78, 5) is 52.7. The van der Waals surface area contributed by atoms with Gasteiger partial charge in [-0.3, -0.25) is 24.5 Å². The van der Waals surface area contributed by atoms with Crippen LogP contribution in [0.4, 0.5) is 4.39 Å². The Morgan fingerprint density at radius 2 is 1.82 bits per heavy atom. The molecule has 176 valence electrons. The molecule has 1 N–H and O–H groups in total. The number of hydrogen-bond donors (Lipinski definition) is 1. The Morgan fingerprint density at radius 3 is 2.53 bits per heavy atom. The molecule has 1 unspecified atom stereocenters. The molecule has 7 nitrogen and oxygen atoms in total. The number of nitrogens with one attached hydrogen (secondary N) is 1. The van der Waals surface area contributed by atoms with Crippen molar-refractivity contribution in [1.82, 2.24) is 15.1 Å². The third kappa shape index (κ3) is 3.97. The molecule has 3 heterocycles. The number of imide groups is 1. The molecule has 1 atom stereocenters. The van der Waals surface area contributed by atoms with Crippen LogP contribution in [0.25, 0.3) is 0 Å². The Hall–Kier alpha value is -3.55. The minimum absolute atomic E-state index is 0.0120. The Morgan fingerprint density at radius 1 is 1.06 bits per heavy atom. The third-order valence-electron chi connectivity index (χ3n) is 7.13. The van der Waals surface area contributed by atoms with Crippen molar-refractivity contribution in [2.24, 2.45) is 0 Å². The molecule has 2 saturated heterocycles. The molecule has 34 heavy (non-hydrogen) atoms. The highest BCUT2D eigenvalue weighted by Crippen LogP contribution is 2.35. The molecule has 0 saturated carbocycles. The first-order chi connectivity index (χ1) is 16.3. The number of nitrogens with zero attached hydrogens (tertiary/aromatic N) is 2. The predicted molar refractivity (Wildman–Crippen MR) is 122 cm³/mol. The van der Waals surface area contributed by atoms with Gasteiger partial charge in [0.05, 0.1) is 0 Å². The van der Waals surface area contributed by atoms with Gasteiger partial charge in [0.15, 0.2) is 0 Å². The van der Waals surface area contributed by atoms with Crippen molar-refractivity contribution in [3.05, 3.63) is 70.0 Å². The van der Waals surface area contributed by atoms with E-state index in [1.165, 1.54) is 11.0 Å². The maximum atomic E-state index is 15.1. The molecule has 0 bridgehead atoms. The highest BCUT2D eigenvalue weighted by Gasteiger charge is 2.40. The molecule has 2 aromatic carbocycles. The van der Waals surface area contributed by atoms with Gasteiger partial charge in [-0.25, -0.2) is 4.39 Å². The monoisotopic (exact) mass is 463 g/mol. The number of likely N-dealkylation sites (tertiary alicyclic amines) is 1. The Balaban J connectivity index is 1.29. The molecule has 0 radical (unpaired) electrons. The van der Waals surface area contributed by atoms with E-state index in [0.29, 0.717) is 42.6 Å².